The first-order valence-corrected chi connectivity index (χ1v) is 8.97. The summed E-state index contributed by atoms with van der Waals surface area (Å²) in [5.41, 5.74) is 0.972. The van der Waals surface area contributed by atoms with E-state index in [1.165, 1.54) is 30.5 Å². The van der Waals surface area contributed by atoms with Crippen LogP contribution in [0.1, 0.15) is 29.2 Å². The van der Waals surface area contributed by atoms with E-state index in [4.69, 9.17) is 4.74 Å². The zero-order valence-corrected chi connectivity index (χ0v) is 15.4. The van der Waals surface area contributed by atoms with Crippen molar-refractivity contribution in [3.63, 3.8) is 0 Å². The fourth-order valence-corrected chi connectivity index (χ4v) is 3.14. The molecule has 3 N–H and O–H groups in total. The van der Waals surface area contributed by atoms with E-state index in [-0.39, 0.29) is 36.5 Å². The Hall–Kier alpha value is -3.65. The van der Waals surface area contributed by atoms with Crippen LogP contribution >= 0.6 is 0 Å². The Kier molecular flexibility index (Phi) is 6.25. The van der Waals surface area contributed by atoms with Gasteiger partial charge in [-0.3, -0.25) is 14.9 Å². The van der Waals surface area contributed by atoms with Crippen molar-refractivity contribution in [2.45, 2.75) is 18.9 Å². The number of aromatic hydroxyl groups is 1. The van der Waals surface area contributed by atoms with Gasteiger partial charge in [0, 0.05) is 48.2 Å². The lowest BCUT2D eigenvalue weighted by atomic mass is 9.91. The van der Waals surface area contributed by atoms with Crippen LogP contribution in [0.2, 0.25) is 0 Å². The fraction of sp³-hybridized carbons (Fsp3) is 0.190. The first-order chi connectivity index (χ1) is 14.0. The Morgan fingerprint density at radius 1 is 1.14 bits per heavy atom. The average Bonchev–Trinajstić information content (AvgIpc) is 2.72. The van der Waals surface area contributed by atoms with Gasteiger partial charge in [0.1, 0.15) is 6.61 Å². The van der Waals surface area contributed by atoms with Gasteiger partial charge in [-0.1, -0.05) is 30.3 Å². The van der Waals surface area contributed by atoms with Gasteiger partial charge in [0.25, 0.3) is 0 Å². The summed E-state index contributed by atoms with van der Waals surface area (Å²) in [6, 6.07) is 14.4. The number of nitro groups is 1. The van der Waals surface area contributed by atoms with Crippen LogP contribution in [0.5, 0.6) is 11.5 Å². The minimum Gasteiger partial charge on any atom is -0.504 e. The number of aliphatic hydroxyl groups is 1. The predicted molar refractivity (Wildman–Crippen MR) is 106 cm³/mol. The fourth-order valence-electron chi connectivity index (χ4n) is 3.14. The summed E-state index contributed by atoms with van der Waals surface area (Å²) >= 11 is 0. The molecule has 0 amide bonds. The molecule has 8 heteroatoms. The topological polar surface area (TPSA) is 126 Å². The number of hydrogen-bond donors (Lipinski definition) is 3. The Labute approximate surface area is 166 Å². The number of phenols is 1. The van der Waals surface area contributed by atoms with E-state index in [1.807, 2.05) is 18.2 Å². The number of aromatic amines is 1. The first-order valence-electron chi connectivity index (χ1n) is 8.97. The first kappa shape index (κ1) is 20.1. The van der Waals surface area contributed by atoms with E-state index in [2.05, 4.69) is 4.98 Å². The molecular formula is C21H20N2O6. The zero-order valence-electron chi connectivity index (χ0n) is 15.4. The van der Waals surface area contributed by atoms with E-state index < -0.39 is 16.6 Å². The number of nitrogens with zero attached hydrogens (tertiary/aromatic N) is 1. The van der Waals surface area contributed by atoms with Gasteiger partial charge in [-0.25, -0.2) is 0 Å². The van der Waals surface area contributed by atoms with E-state index >= 15 is 0 Å². The number of pyridine rings is 1. The maximum absolute atomic E-state index is 11.7. The highest BCUT2D eigenvalue weighted by Gasteiger charge is 2.27. The smallest absolute Gasteiger partial charge is 0.314 e. The van der Waals surface area contributed by atoms with E-state index in [0.29, 0.717) is 11.3 Å². The molecule has 0 bridgehead atoms. The third-order valence-electron chi connectivity index (χ3n) is 4.53. The zero-order chi connectivity index (χ0) is 20.8. The molecule has 1 unspecified atom stereocenters. The number of nitrogens with one attached hydrogen (secondary N) is 1. The number of ether oxygens (including phenoxy) is 1. The summed E-state index contributed by atoms with van der Waals surface area (Å²) in [6.07, 6.45) is 1.67. The Morgan fingerprint density at radius 3 is 2.55 bits per heavy atom. The number of aromatic nitrogens is 1. The quantitative estimate of drug-likeness (QED) is 0.397. The van der Waals surface area contributed by atoms with Crippen LogP contribution in [0.15, 0.2) is 65.6 Å². The molecule has 0 aliphatic heterocycles. The molecule has 0 saturated heterocycles. The molecule has 2 aromatic carbocycles. The van der Waals surface area contributed by atoms with Crippen molar-refractivity contribution in [2.24, 2.45) is 0 Å². The Balaban J connectivity index is 2.04. The largest absolute Gasteiger partial charge is 0.504 e. The van der Waals surface area contributed by atoms with Crippen molar-refractivity contribution in [3.05, 3.63) is 98.0 Å². The van der Waals surface area contributed by atoms with Crippen molar-refractivity contribution in [1.82, 2.24) is 4.98 Å². The molecule has 0 aliphatic rings. The number of nitro benzene ring substituents is 1. The van der Waals surface area contributed by atoms with Gasteiger partial charge in [-0.15, -0.1) is 0 Å². The molecule has 0 fully saturated rings. The molecule has 0 saturated carbocycles. The van der Waals surface area contributed by atoms with Gasteiger partial charge in [0.2, 0.25) is 5.75 Å². The van der Waals surface area contributed by atoms with Crippen LogP contribution in [0, 0.1) is 10.1 Å². The van der Waals surface area contributed by atoms with Crippen LogP contribution < -0.4 is 10.2 Å². The second-order valence-electron chi connectivity index (χ2n) is 6.43. The normalized spacial score (nSPS) is 11.8. The van der Waals surface area contributed by atoms with Gasteiger partial charge in [0.15, 0.2) is 11.2 Å². The maximum atomic E-state index is 11.7. The maximum Gasteiger partial charge on any atom is 0.314 e. The highest BCUT2D eigenvalue weighted by atomic mass is 16.6. The molecule has 1 heterocycles. The minimum absolute atomic E-state index is 0.0333. The summed E-state index contributed by atoms with van der Waals surface area (Å²) in [7, 11) is 0. The van der Waals surface area contributed by atoms with E-state index in [0.717, 1.165) is 5.56 Å². The molecular weight excluding hydrogens is 376 g/mol. The second-order valence-corrected chi connectivity index (χ2v) is 6.43. The number of H-pyrrole nitrogens is 1. The molecule has 29 heavy (non-hydrogen) atoms. The molecule has 0 radical (unpaired) electrons. The van der Waals surface area contributed by atoms with Crippen molar-refractivity contribution in [1.29, 1.82) is 0 Å². The summed E-state index contributed by atoms with van der Waals surface area (Å²) in [6.45, 7) is -0.177. The van der Waals surface area contributed by atoms with Crippen LogP contribution in [0.3, 0.4) is 0 Å². The summed E-state index contributed by atoms with van der Waals surface area (Å²) < 4.78 is 5.62. The van der Waals surface area contributed by atoms with Crippen LogP contribution in [0.25, 0.3) is 0 Å². The summed E-state index contributed by atoms with van der Waals surface area (Å²) in [5.74, 6) is -1.22. The van der Waals surface area contributed by atoms with Crippen LogP contribution in [-0.2, 0) is 6.61 Å². The lowest BCUT2D eigenvalue weighted by Gasteiger charge is -2.19. The third-order valence-corrected chi connectivity index (χ3v) is 4.53. The number of aliphatic hydroxyl groups excluding tert-OH is 1. The van der Waals surface area contributed by atoms with Crippen molar-refractivity contribution in [2.75, 3.05) is 6.61 Å². The number of phenolic OH excluding ortho intramolecular Hbond substituents is 1. The third kappa shape index (κ3) is 4.61. The van der Waals surface area contributed by atoms with E-state index in [9.17, 15) is 25.1 Å². The molecule has 3 rings (SSSR count). The predicted octanol–water partition coefficient (Wildman–Crippen LogP) is 3.08. The summed E-state index contributed by atoms with van der Waals surface area (Å²) in [5, 5.41) is 31.7. The molecule has 150 valence electrons. The minimum atomic E-state index is -0.630. The van der Waals surface area contributed by atoms with Crippen molar-refractivity contribution < 1.29 is 19.9 Å². The number of hydrogen-bond acceptors (Lipinski definition) is 6. The lowest BCUT2D eigenvalue weighted by molar-refractivity contribution is -0.386. The molecule has 1 atom stereocenters. The summed E-state index contributed by atoms with van der Waals surface area (Å²) in [4.78, 5) is 25.5. The molecule has 8 nitrogen and oxygen atoms in total. The van der Waals surface area contributed by atoms with E-state index in [1.54, 1.807) is 12.1 Å². The van der Waals surface area contributed by atoms with Gasteiger partial charge >= 0.3 is 5.69 Å². The number of rotatable bonds is 8. The van der Waals surface area contributed by atoms with Gasteiger partial charge in [-0.2, -0.15) is 0 Å². The lowest BCUT2D eigenvalue weighted by Crippen LogP contribution is -2.11. The van der Waals surface area contributed by atoms with Crippen molar-refractivity contribution >= 4 is 5.69 Å². The SMILES string of the molecule is O=c1cc[nH]c(C(CCO)c2ccc([N+](=O)[O-])c(OCc3ccccc3)c2O)c1. The molecule has 0 aliphatic carbocycles. The highest BCUT2D eigenvalue weighted by Crippen LogP contribution is 2.44. The van der Waals surface area contributed by atoms with Crippen molar-refractivity contribution in [3.8, 4) is 11.5 Å². The Morgan fingerprint density at radius 2 is 1.90 bits per heavy atom. The van der Waals surface area contributed by atoms with Crippen LogP contribution in [0.4, 0.5) is 5.69 Å². The second kappa shape index (κ2) is 9.03. The highest BCUT2D eigenvalue weighted by molar-refractivity contribution is 5.60. The molecule has 1 aromatic heterocycles. The molecule has 0 spiro atoms. The van der Waals surface area contributed by atoms with Gasteiger partial charge < -0.3 is 19.9 Å². The number of benzene rings is 2. The standard InChI is InChI=1S/C21H20N2O6/c24-11-9-16(18-12-15(25)8-10-22-18)17-6-7-19(23(27)28)21(20(17)26)29-13-14-4-2-1-3-5-14/h1-8,10,12,16,24,26H,9,11,13H2,(H,22,25). The Bertz CT molecular complexity index is 1050. The monoisotopic (exact) mass is 396 g/mol. The van der Waals surface area contributed by atoms with Gasteiger partial charge in [-0.05, 0) is 18.1 Å². The van der Waals surface area contributed by atoms with Gasteiger partial charge in [0.05, 0.1) is 4.92 Å². The van der Waals surface area contributed by atoms with Crippen LogP contribution in [-0.4, -0.2) is 26.7 Å². The molecule has 3 aromatic rings. The average molecular weight is 396 g/mol.